The average Bonchev–Trinajstić information content (AvgIpc) is 2.37. The Morgan fingerprint density at radius 1 is 1.25 bits per heavy atom. The van der Waals surface area contributed by atoms with Gasteiger partial charge in [0.25, 0.3) is 0 Å². The number of hydrogen-bond acceptors (Lipinski definition) is 2. The Bertz CT molecular complexity index is 167. The summed E-state index contributed by atoms with van der Waals surface area (Å²) in [5.74, 6) is 0. The Balaban J connectivity index is 2.05. The lowest BCUT2D eigenvalue weighted by Crippen LogP contribution is -2.37. The molecule has 0 spiro atoms. The van der Waals surface area contributed by atoms with E-state index in [9.17, 15) is 0 Å². The van der Waals surface area contributed by atoms with Crippen molar-refractivity contribution in [3.05, 3.63) is 0 Å². The van der Waals surface area contributed by atoms with E-state index < -0.39 is 0 Å². The fraction of sp³-hybridized carbons (Fsp3) is 1.00. The molecular weight excluding hydrogens is 148 g/mol. The number of fused-ring (bicyclic) bond motifs is 2. The monoisotopic (exact) mass is 168 g/mol. The van der Waals surface area contributed by atoms with Crippen molar-refractivity contribution in [2.24, 2.45) is 0 Å². The van der Waals surface area contributed by atoms with Gasteiger partial charge in [0.15, 0.2) is 0 Å². The SMILES string of the molecule is CC(C)N1CC2CC1CCN2C. The van der Waals surface area contributed by atoms with E-state index in [0.717, 1.165) is 18.1 Å². The van der Waals surface area contributed by atoms with Crippen LogP contribution in [-0.4, -0.2) is 48.1 Å². The molecule has 2 heteroatoms. The zero-order valence-corrected chi connectivity index (χ0v) is 8.45. The van der Waals surface area contributed by atoms with E-state index in [1.165, 1.54) is 25.9 Å². The van der Waals surface area contributed by atoms with Gasteiger partial charge in [0.1, 0.15) is 0 Å². The van der Waals surface area contributed by atoms with E-state index >= 15 is 0 Å². The maximum atomic E-state index is 2.67. The summed E-state index contributed by atoms with van der Waals surface area (Å²) in [6.45, 7) is 7.25. The van der Waals surface area contributed by atoms with Gasteiger partial charge in [-0.2, -0.15) is 0 Å². The molecule has 0 aromatic rings. The van der Waals surface area contributed by atoms with Crippen molar-refractivity contribution in [2.75, 3.05) is 20.1 Å². The molecule has 0 aromatic carbocycles. The topological polar surface area (TPSA) is 6.48 Å². The van der Waals surface area contributed by atoms with Crippen LogP contribution in [-0.2, 0) is 0 Å². The minimum absolute atomic E-state index is 0.742. The fourth-order valence-corrected chi connectivity index (χ4v) is 2.69. The van der Waals surface area contributed by atoms with Gasteiger partial charge in [-0.05, 0) is 40.3 Å². The Labute approximate surface area is 75.5 Å². The van der Waals surface area contributed by atoms with E-state index in [4.69, 9.17) is 0 Å². The summed E-state index contributed by atoms with van der Waals surface area (Å²) in [5.41, 5.74) is 0. The van der Waals surface area contributed by atoms with Crippen LogP contribution in [0.3, 0.4) is 0 Å². The number of likely N-dealkylation sites (N-methyl/N-ethyl adjacent to an activating group) is 1. The molecule has 0 aliphatic carbocycles. The third kappa shape index (κ3) is 1.27. The molecule has 2 fully saturated rings. The van der Waals surface area contributed by atoms with E-state index in [0.29, 0.717) is 0 Å². The van der Waals surface area contributed by atoms with Crippen LogP contribution in [0.5, 0.6) is 0 Å². The van der Waals surface area contributed by atoms with Crippen LogP contribution in [0.25, 0.3) is 0 Å². The summed E-state index contributed by atoms with van der Waals surface area (Å²) < 4.78 is 0. The molecule has 0 saturated carbocycles. The molecule has 0 amide bonds. The summed E-state index contributed by atoms with van der Waals surface area (Å²) in [5, 5.41) is 0. The van der Waals surface area contributed by atoms with Crippen molar-refractivity contribution in [1.29, 1.82) is 0 Å². The minimum atomic E-state index is 0.742. The largest absolute Gasteiger partial charge is 0.302 e. The molecule has 2 unspecified atom stereocenters. The third-order valence-electron chi connectivity index (χ3n) is 3.54. The Morgan fingerprint density at radius 2 is 2.00 bits per heavy atom. The highest BCUT2D eigenvalue weighted by atomic mass is 15.3. The molecule has 2 saturated heterocycles. The molecule has 2 atom stereocenters. The first kappa shape index (κ1) is 8.52. The third-order valence-corrected chi connectivity index (χ3v) is 3.54. The van der Waals surface area contributed by atoms with Gasteiger partial charge in [0, 0.05) is 24.7 Å². The van der Waals surface area contributed by atoms with Crippen molar-refractivity contribution >= 4 is 0 Å². The predicted molar refractivity (Wildman–Crippen MR) is 51.3 cm³/mol. The zero-order valence-electron chi connectivity index (χ0n) is 8.45. The summed E-state index contributed by atoms with van der Waals surface area (Å²) >= 11 is 0. The second kappa shape index (κ2) is 3.00. The van der Waals surface area contributed by atoms with Crippen molar-refractivity contribution in [2.45, 2.75) is 44.8 Å². The Morgan fingerprint density at radius 3 is 2.58 bits per heavy atom. The lowest BCUT2D eigenvalue weighted by atomic mass is 10.0. The molecule has 2 aliphatic rings. The Hall–Kier alpha value is -0.0800. The molecule has 0 radical (unpaired) electrons. The fourth-order valence-electron chi connectivity index (χ4n) is 2.69. The van der Waals surface area contributed by atoms with Gasteiger partial charge in [-0.15, -0.1) is 0 Å². The molecule has 12 heavy (non-hydrogen) atoms. The lowest BCUT2D eigenvalue weighted by molar-refractivity contribution is 0.188. The van der Waals surface area contributed by atoms with Crippen LogP contribution in [0, 0.1) is 0 Å². The minimum Gasteiger partial charge on any atom is -0.302 e. The number of hydrogen-bond donors (Lipinski definition) is 0. The molecule has 0 N–H and O–H groups in total. The maximum absolute atomic E-state index is 2.67. The first-order valence-corrected chi connectivity index (χ1v) is 5.14. The summed E-state index contributed by atoms with van der Waals surface area (Å²) in [4.78, 5) is 5.20. The van der Waals surface area contributed by atoms with Crippen LogP contribution < -0.4 is 0 Å². The maximum Gasteiger partial charge on any atom is 0.0235 e. The summed E-state index contributed by atoms with van der Waals surface area (Å²) in [6.07, 6.45) is 2.79. The predicted octanol–water partition coefficient (Wildman–Crippen LogP) is 1.17. The lowest BCUT2D eigenvalue weighted by Gasteiger charge is -2.30. The quantitative estimate of drug-likeness (QED) is 0.580. The normalized spacial score (nSPS) is 38.0. The van der Waals surface area contributed by atoms with Gasteiger partial charge in [0.05, 0.1) is 0 Å². The van der Waals surface area contributed by atoms with Crippen LogP contribution >= 0.6 is 0 Å². The van der Waals surface area contributed by atoms with Crippen LogP contribution in [0.2, 0.25) is 0 Å². The van der Waals surface area contributed by atoms with E-state index in [2.05, 4.69) is 30.7 Å². The van der Waals surface area contributed by atoms with Gasteiger partial charge in [0.2, 0.25) is 0 Å². The number of likely N-dealkylation sites (tertiary alicyclic amines) is 2. The molecule has 2 aliphatic heterocycles. The molecule has 2 rings (SSSR count). The second-order valence-electron chi connectivity index (χ2n) is 4.60. The van der Waals surface area contributed by atoms with Gasteiger partial charge in [-0.3, -0.25) is 4.90 Å². The highest BCUT2D eigenvalue weighted by Crippen LogP contribution is 2.30. The highest BCUT2D eigenvalue weighted by Gasteiger charge is 2.38. The van der Waals surface area contributed by atoms with Gasteiger partial charge < -0.3 is 4.90 Å². The van der Waals surface area contributed by atoms with E-state index in [1.54, 1.807) is 0 Å². The van der Waals surface area contributed by atoms with Crippen LogP contribution in [0.15, 0.2) is 0 Å². The molecular formula is C10H20N2. The number of nitrogens with zero attached hydrogens (tertiary/aromatic N) is 2. The smallest absolute Gasteiger partial charge is 0.0235 e. The van der Waals surface area contributed by atoms with Crippen molar-refractivity contribution < 1.29 is 0 Å². The first-order valence-electron chi connectivity index (χ1n) is 5.14. The molecule has 2 heterocycles. The second-order valence-corrected chi connectivity index (χ2v) is 4.60. The number of rotatable bonds is 1. The summed E-state index contributed by atoms with van der Waals surface area (Å²) in [7, 11) is 2.27. The van der Waals surface area contributed by atoms with Crippen LogP contribution in [0.1, 0.15) is 26.7 Å². The summed E-state index contributed by atoms with van der Waals surface area (Å²) in [6, 6.07) is 2.49. The Kier molecular flexibility index (Phi) is 2.13. The van der Waals surface area contributed by atoms with E-state index in [1.807, 2.05) is 0 Å². The van der Waals surface area contributed by atoms with Crippen molar-refractivity contribution in [1.82, 2.24) is 9.80 Å². The van der Waals surface area contributed by atoms with Gasteiger partial charge in [-0.25, -0.2) is 0 Å². The molecule has 0 aromatic heterocycles. The van der Waals surface area contributed by atoms with E-state index in [-0.39, 0.29) is 0 Å². The zero-order chi connectivity index (χ0) is 8.72. The standard InChI is InChI=1S/C10H20N2/c1-8(2)12-7-10-6-9(12)4-5-11(10)3/h8-10H,4-7H2,1-3H3. The van der Waals surface area contributed by atoms with Gasteiger partial charge in [-0.1, -0.05) is 0 Å². The highest BCUT2D eigenvalue weighted by molar-refractivity contribution is 4.95. The molecule has 2 bridgehead atoms. The van der Waals surface area contributed by atoms with Crippen molar-refractivity contribution in [3.63, 3.8) is 0 Å². The molecule has 2 nitrogen and oxygen atoms in total. The van der Waals surface area contributed by atoms with Crippen molar-refractivity contribution in [3.8, 4) is 0 Å². The molecule has 70 valence electrons. The number of piperidine rings is 1. The first-order chi connectivity index (χ1) is 5.68. The average molecular weight is 168 g/mol. The van der Waals surface area contributed by atoms with Gasteiger partial charge >= 0.3 is 0 Å². The van der Waals surface area contributed by atoms with Crippen LogP contribution in [0.4, 0.5) is 0 Å².